The number of carbonyl (C=O) groups is 1. The van der Waals surface area contributed by atoms with Crippen molar-refractivity contribution >= 4 is 43.6 Å². The van der Waals surface area contributed by atoms with Crippen molar-refractivity contribution in [2.75, 3.05) is 38.2 Å². The van der Waals surface area contributed by atoms with Crippen molar-refractivity contribution in [2.45, 2.75) is 0 Å². The molecule has 1 fully saturated rings. The van der Waals surface area contributed by atoms with Crippen LogP contribution < -0.4 is 9.64 Å². The van der Waals surface area contributed by atoms with Crippen LogP contribution in [0.4, 0.5) is 10.5 Å². The standard InChI is InChI=1S/C14H15Br2N5O2/c1-23-11-4-2-10(3-5-11)19-6-8-20(9-7-19)14(22)21-17-12(15)13(16)18-21/h2-5H,6-9H2,1H3. The lowest BCUT2D eigenvalue weighted by atomic mass is 10.2. The second kappa shape index (κ2) is 6.88. The first-order valence-corrected chi connectivity index (χ1v) is 8.63. The number of methoxy groups -OCH3 is 1. The normalized spacial score (nSPS) is 14.9. The lowest BCUT2D eigenvalue weighted by Crippen LogP contribution is -2.50. The van der Waals surface area contributed by atoms with Gasteiger partial charge in [0.1, 0.15) is 5.75 Å². The summed E-state index contributed by atoms with van der Waals surface area (Å²) in [5.41, 5.74) is 1.13. The van der Waals surface area contributed by atoms with Crippen molar-refractivity contribution in [3.63, 3.8) is 0 Å². The van der Waals surface area contributed by atoms with E-state index in [9.17, 15) is 4.79 Å². The number of carbonyl (C=O) groups excluding carboxylic acids is 1. The third kappa shape index (κ3) is 3.50. The first-order valence-electron chi connectivity index (χ1n) is 7.05. The number of amides is 1. The highest BCUT2D eigenvalue weighted by Crippen LogP contribution is 2.21. The highest BCUT2D eigenvalue weighted by Gasteiger charge is 2.24. The van der Waals surface area contributed by atoms with E-state index in [0.29, 0.717) is 22.3 Å². The van der Waals surface area contributed by atoms with Crippen molar-refractivity contribution in [1.29, 1.82) is 0 Å². The molecule has 0 atom stereocenters. The van der Waals surface area contributed by atoms with Crippen molar-refractivity contribution in [3.05, 3.63) is 33.5 Å². The van der Waals surface area contributed by atoms with Crippen molar-refractivity contribution in [2.24, 2.45) is 0 Å². The summed E-state index contributed by atoms with van der Waals surface area (Å²) in [6, 6.07) is 7.72. The van der Waals surface area contributed by atoms with Crippen LogP contribution in [-0.2, 0) is 0 Å². The fraction of sp³-hybridized carbons (Fsp3) is 0.357. The molecule has 7 nitrogen and oxygen atoms in total. The van der Waals surface area contributed by atoms with Gasteiger partial charge in [-0.15, -0.1) is 10.2 Å². The minimum atomic E-state index is -0.217. The van der Waals surface area contributed by atoms with Gasteiger partial charge in [-0.1, -0.05) is 4.80 Å². The average molecular weight is 445 g/mol. The molecule has 1 aromatic carbocycles. The molecule has 0 aliphatic carbocycles. The number of aromatic nitrogens is 3. The minimum Gasteiger partial charge on any atom is -0.497 e. The summed E-state index contributed by atoms with van der Waals surface area (Å²) in [7, 11) is 1.65. The molecule has 1 saturated heterocycles. The van der Waals surface area contributed by atoms with Gasteiger partial charge in [-0.3, -0.25) is 0 Å². The van der Waals surface area contributed by atoms with Gasteiger partial charge in [0.25, 0.3) is 0 Å². The summed E-state index contributed by atoms with van der Waals surface area (Å²) in [6.07, 6.45) is 0. The molecule has 1 aliphatic heterocycles. The fourth-order valence-corrected chi connectivity index (χ4v) is 2.89. The van der Waals surface area contributed by atoms with Crippen LogP contribution in [0.1, 0.15) is 0 Å². The van der Waals surface area contributed by atoms with Gasteiger partial charge in [0, 0.05) is 31.9 Å². The van der Waals surface area contributed by atoms with Gasteiger partial charge < -0.3 is 14.5 Å². The molecule has 0 bridgehead atoms. The molecule has 122 valence electrons. The Morgan fingerprint density at radius 2 is 1.61 bits per heavy atom. The predicted octanol–water partition coefficient (Wildman–Crippen LogP) is 2.60. The van der Waals surface area contributed by atoms with Gasteiger partial charge in [-0.05, 0) is 56.1 Å². The van der Waals surface area contributed by atoms with Crippen LogP contribution in [0, 0.1) is 0 Å². The first-order chi connectivity index (χ1) is 11.1. The second-order valence-corrected chi connectivity index (χ2v) is 6.53. The Kier molecular flexibility index (Phi) is 4.86. The van der Waals surface area contributed by atoms with Crippen LogP contribution in [-0.4, -0.2) is 59.2 Å². The lowest BCUT2D eigenvalue weighted by Gasteiger charge is -2.35. The van der Waals surface area contributed by atoms with E-state index in [1.54, 1.807) is 12.0 Å². The van der Waals surface area contributed by atoms with E-state index in [0.717, 1.165) is 29.3 Å². The van der Waals surface area contributed by atoms with Gasteiger partial charge >= 0.3 is 6.03 Å². The maximum absolute atomic E-state index is 12.4. The lowest BCUT2D eigenvalue weighted by molar-refractivity contribution is 0.188. The zero-order chi connectivity index (χ0) is 16.4. The van der Waals surface area contributed by atoms with E-state index in [-0.39, 0.29) is 6.03 Å². The van der Waals surface area contributed by atoms with Crippen LogP contribution in [0.25, 0.3) is 0 Å². The van der Waals surface area contributed by atoms with Gasteiger partial charge in [0.05, 0.1) is 7.11 Å². The molecule has 0 saturated carbocycles. The molecule has 1 aromatic heterocycles. The van der Waals surface area contributed by atoms with Gasteiger partial charge in [-0.25, -0.2) is 4.79 Å². The van der Waals surface area contributed by atoms with E-state index >= 15 is 0 Å². The average Bonchev–Trinajstić information content (AvgIpc) is 2.93. The van der Waals surface area contributed by atoms with Gasteiger partial charge in [0.15, 0.2) is 9.21 Å². The number of halogens is 2. The first kappa shape index (κ1) is 16.3. The van der Waals surface area contributed by atoms with Crippen molar-refractivity contribution in [1.82, 2.24) is 19.9 Å². The highest BCUT2D eigenvalue weighted by atomic mass is 79.9. The molecule has 23 heavy (non-hydrogen) atoms. The monoisotopic (exact) mass is 443 g/mol. The zero-order valence-electron chi connectivity index (χ0n) is 12.4. The third-order valence-electron chi connectivity index (χ3n) is 3.69. The summed E-state index contributed by atoms with van der Waals surface area (Å²) in [5.74, 6) is 0.837. The van der Waals surface area contributed by atoms with Gasteiger partial charge in [-0.2, -0.15) is 0 Å². The molecule has 1 aliphatic rings. The van der Waals surface area contributed by atoms with E-state index in [1.165, 1.54) is 0 Å². The molecule has 0 unspecified atom stereocenters. The molecule has 1 amide bonds. The molecule has 0 spiro atoms. The number of piperazine rings is 1. The maximum Gasteiger partial charge on any atom is 0.362 e. The van der Waals surface area contributed by atoms with Crippen LogP contribution >= 0.6 is 31.9 Å². The van der Waals surface area contributed by atoms with Crippen molar-refractivity contribution in [3.8, 4) is 5.75 Å². The van der Waals surface area contributed by atoms with Crippen molar-refractivity contribution < 1.29 is 9.53 Å². The smallest absolute Gasteiger partial charge is 0.362 e. The molecule has 2 heterocycles. The molecular weight excluding hydrogens is 430 g/mol. The SMILES string of the molecule is COc1ccc(N2CCN(C(=O)n3nc(Br)c(Br)n3)CC2)cc1. The number of benzene rings is 1. The summed E-state index contributed by atoms with van der Waals surface area (Å²) in [5, 5.41) is 8.08. The number of hydrogen-bond donors (Lipinski definition) is 0. The topological polar surface area (TPSA) is 63.5 Å². The van der Waals surface area contributed by atoms with Crippen LogP contribution in [0.3, 0.4) is 0 Å². The van der Waals surface area contributed by atoms with E-state index in [2.05, 4.69) is 47.0 Å². The quantitative estimate of drug-likeness (QED) is 0.712. The summed E-state index contributed by atoms with van der Waals surface area (Å²) < 4.78 is 6.20. The fourth-order valence-electron chi connectivity index (χ4n) is 2.43. The Labute approximate surface area is 150 Å². The largest absolute Gasteiger partial charge is 0.497 e. The summed E-state index contributed by atoms with van der Waals surface area (Å²) in [6.45, 7) is 2.78. The summed E-state index contributed by atoms with van der Waals surface area (Å²) >= 11 is 6.46. The van der Waals surface area contributed by atoms with Gasteiger partial charge in [0.2, 0.25) is 0 Å². The Bertz CT molecular complexity index is 676. The molecular formula is C14H15Br2N5O2. The molecule has 3 rings (SSSR count). The van der Waals surface area contributed by atoms with Crippen LogP contribution in [0.5, 0.6) is 5.75 Å². The Balaban J connectivity index is 1.62. The number of hydrogen-bond acceptors (Lipinski definition) is 5. The molecule has 0 N–H and O–H groups in total. The third-order valence-corrected chi connectivity index (χ3v) is 5.29. The Morgan fingerprint density at radius 3 is 2.13 bits per heavy atom. The minimum absolute atomic E-state index is 0.217. The highest BCUT2D eigenvalue weighted by molar-refractivity contribution is 9.13. The van der Waals surface area contributed by atoms with Crippen LogP contribution in [0.2, 0.25) is 0 Å². The number of rotatable bonds is 2. The van der Waals surface area contributed by atoms with E-state index in [1.807, 2.05) is 24.3 Å². The predicted molar refractivity (Wildman–Crippen MR) is 93.0 cm³/mol. The number of anilines is 1. The zero-order valence-corrected chi connectivity index (χ0v) is 15.6. The second-order valence-electron chi connectivity index (χ2n) is 5.03. The molecule has 2 aromatic rings. The number of nitrogens with zero attached hydrogens (tertiary/aromatic N) is 5. The summed E-state index contributed by atoms with van der Waals surface area (Å²) in [4.78, 5) is 17.5. The number of ether oxygens (including phenoxy) is 1. The Hall–Kier alpha value is -1.61. The van der Waals surface area contributed by atoms with E-state index in [4.69, 9.17) is 4.74 Å². The van der Waals surface area contributed by atoms with Crippen LogP contribution in [0.15, 0.2) is 33.5 Å². The molecule has 0 radical (unpaired) electrons. The van der Waals surface area contributed by atoms with E-state index < -0.39 is 0 Å². The maximum atomic E-state index is 12.4. The molecule has 9 heteroatoms. The Morgan fingerprint density at radius 1 is 1.04 bits per heavy atom.